The van der Waals surface area contributed by atoms with Gasteiger partial charge in [-0.25, -0.2) is 0 Å². The van der Waals surface area contributed by atoms with Gasteiger partial charge in [0.25, 0.3) is 0 Å². The van der Waals surface area contributed by atoms with Crippen LogP contribution in [0.5, 0.6) is 0 Å². The Morgan fingerprint density at radius 3 is 1.00 bits per heavy atom. The highest BCUT2D eigenvalue weighted by Gasteiger charge is 1.96. The van der Waals surface area contributed by atoms with Gasteiger partial charge in [-0.3, -0.25) is 0 Å². The molecule has 146 valence electrons. The first-order valence-corrected chi connectivity index (χ1v) is 15.6. The van der Waals surface area contributed by atoms with Crippen molar-refractivity contribution in [3.05, 3.63) is 0 Å². The van der Waals surface area contributed by atoms with Gasteiger partial charge in [0.2, 0.25) is 0 Å². The van der Waals surface area contributed by atoms with Gasteiger partial charge in [-0.15, -0.1) is 0 Å². The molecule has 0 amide bonds. The first-order valence-electron chi connectivity index (χ1n) is 10.5. The van der Waals surface area contributed by atoms with Crippen LogP contribution >= 0.6 is 41.2 Å². The van der Waals surface area contributed by atoms with E-state index in [4.69, 9.17) is 0 Å². The van der Waals surface area contributed by atoms with Gasteiger partial charge in [0.05, 0.1) is 0 Å². The van der Waals surface area contributed by atoms with Crippen molar-refractivity contribution < 1.29 is 0 Å². The zero-order chi connectivity index (χ0) is 17.6. The first kappa shape index (κ1) is 25.4. The Labute approximate surface area is 168 Å². The minimum Gasteiger partial charge on any atom is -0.0817 e. The molecule has 0 rings (SSSR count). The van der Waals surface area contributed by atoms with Gasteiger partial charge < -0.3 is 0 Å². The fourth-order valence-corrected chi connectivity index (χ4v) is 8.96. The van der Waals surface area contributed by atoms with Gasteiger partial charge >= 0.3 is 0 Å². The molecule has 0 heterocycles. The monoisotopic (exact) mass is 410 g/mol. The van der Waals surface area contributed by atoms with E-state index in [1.54, 1.807) is 0 Å². The van der Waals surface area contributed by atoms with Crippen molar-refractivity contribution >= 4 is 41.2 Å². The molecule has 0 saturated carbocycles. The summed E-state index contributed by atoms with van der Waals surface area (Å²) >= 11 is 0. The van der Waals surface area contributed by atoms with Crippen molar-refractivity contribution in [3.8, 4) is 0 Å². The maximum Gasteiger partial charge on any atom is 0.00454 e. The Bertz CT molecular complexity index is 190. The summed E-state index contributed by atoms with van der Waals surface area (Å²) in [4.78, 5) is 0. The van der Waals surface area contributed by atoms with Crippen LogP contribution < -0.4 is 0 Å². The highest BCUT2D eigenvalue weighted by molar-refractivity contribution is 9.26. The summed E-state index contributed by atoms with van der Waals surface area (Å²) in [6, 6.07) is 0. The topological polar surface area (TPSA) is 0 Å². The van der Waals surface area contributed by atoms with E-state index in [9.17, 15) is 0 Å². The lowest BCUT2D eigenvalue weighted by atomic mass is 10.1. The van der Waals surface area contributed by atoms with E-state index in [2.05, 4.69) is 35.4 Å². The third-order valence-electron chi connectivity index (χ3n) is 4.29. The largest absolute Gasteiger partial charge is 0.0817 e. The van der Waals surface area contributed by atoms with E-state index in [1.807, 2.05) is 19.7 Å². The smallest absolute Gasteiger partial charge is 0.00454 e. The Morgan fingerprint density at radius 1 is 0.375 bits per heavy atom. The van der Waals surface area contributed by atoms with Crippen molar-refractivity contribution in [2.24, 2.45) is 0 Å². The SMILES string of the molecule is CCCCCCCCCCSSSSCCCCCCCCCC. The molecular weight excluding hydrogens is 368 g/mol. The van der Waals surface area contributed by atoms with E-state index in [0.29, 0.717) is 0 Å². The number of rotatable bonds is 21. The van der Waals surface area contributed by atoms with Gasteiger partial charge in [-0.2, -0.15) is 0 Å². The standard InChI is InChI=1S/C20H42S4/c1-3-5-7-9-11-13-15-17-19-21-23-24-22-20-18-16-14-12-10-8-6-4-2/h3-20H2,1-2H3. The fourth-order valence-electron chi connectivity index (χ4n) is 2.70. The van der Waals surface area contributed by atoms with Crippen molar-refractivity contribution in [2.45, 2.75) is 117 Å². The molecule has 0 saturated heterocycles. The molecule has 0 aromatic carbocycles. The highest BCUT2D eigenvalue weighted by Crippen LogP contribution is 2.43. The van der Waals surface area contributed by atoms with Crippen LogP contribution in [0.25, 0.3) is 0 Å². The van der Waals surface area contributed by atoms with Crippen molar-refractivity contribution in [1.82, 2.24) is 0 Å². The summed E-state index contributed by atoms with van der Waals surface area (Å²) in [5.74, 6) is 2.68. The Morgan fingerprint density at radius 2 is 0.667 bits per heavy atom. The molecule has 0 bridgehead atoms. The molecule has 0 aliphatic rings. The zero-order valence-corrected chi connectivity index (χ0v) is 19.6. The van der Waals surface area contributed by atoms with Crippen molar-refractivity contribution in [3.63, 3.8) is 0 Å². The second-order valence-electron chi connectivity index (χ2n) is 6.73. The lowest BCUT2D eigenvalue weighted by Crippen LogP contribution is -1.82. The number of unbranched alkanes of at least 4 members (excludes halogenated alkanes) is 14. The van der Waals surface area contributed by atoms with E-state index in [-0.39, 0.29) is 0 Å². The molecular formula is C20H42S4. The fraction of sp³-hybridized carbons (Fsp3) is 1.00. The molecule has 0 radical (unpaired) electrons. The summed E-state index contributed by atoms with van der Waals surface area (Å²) in [7, 11) is 8.13. The third kappa shape index (κ3) is 23.4. The van der Waals surface area contributed by atoms with Crippen molar-refractivity contribution in [2.75, 3.05) is 11.5 Å². The van der Waals surface area contributed by atoms with Crippen molar-refractivity contribution in [1.29, 1.82) is 0 Å². The highest BCUT2D eigenvalue weighted by atomic mass is 33.7. The van der Waals surface area contributed by atoms with Crippen LogP contribution in [0.3, 0.4) is 0 Å². The minimum atomic E-state index is 1.34. The maximum absolute atomic E-state index is 2.29. The molecule has 0 aromatic heterocycles. The molecule has 0 aliphatic heterocycles. The van der Waals surface area contributed by atoms with Crippen LogP contribution in [0, 0.1) is 0 Å². The van der Waals surface area contributed by atoms with Crippen LogP contribution in [0.2, 0.25) is 0 Å². The number of hydrogen-bond donors (Lipinski definition) is 0. The van der Waals surface area contributed by atoms with Gasteiger partial charge in [-0.05, 0) is 32.5 Å². The van der Waals surface area contributed by atoms with Crippen LogP contribution in [-0.2, 0) is 0 Å². The predicted octanol–water partition coefficient (Wildman–Crippen LogP) is 9.95. The van der Waals surface area contributed by atoms with Gasteiger partial charge in [0.1, 0.15) is 0 Å². The minimum absolute atomic E-state index is 1.34. The number of hydrogen-bond acceptors (Lipinski definition) is 4. The zero-order valence-electron chi connectivity index (χ0n) is 16.4. The van der Waals surface area contributed by atoms with E-state index < -0.39 is 0 Å². The Hall–Kier alpha value is 1.40. The molecule has 0 nitrogen and oxygen atoms in total. The molecule has 0 aliphatic carbocycles. The molecule has 0 atom stereocenters. The maximum atomic E-state index is 2.29. The van der Waals surface area contributed by atoms with Crippen LogP contribution in [0.4, 0.5) is 0 Å². The van der Waals surface area contributed by atoms with Gasteiger partial charge in [0.15, 0.2) is 0 Å². The Kier molecular flexibility index (Phi) is 25.8. The first-order chi connectivity index (χ1) is 11.9. The average molecular weight is 411 g/mol. The summed E-state index contributed by atoms with van der Waals surface area (Å²) in [5.41, 5.74) is 0. The average Bonchev–Trinajstić information content (AvgIpc) is 2.60. The molecule has 24 heavy (non-hydrogen) atoms. The van der Waals surface area contributed by atoms with Crippen LogP contribution in [-0.4, -0.2) is 11.5 Å². The summed E-state index contributed by atoms with van der Waals surface area (Å²) in [6.45, 7) is 4.58. The normalized spacial score (nSPS) is 11.2. The summed E-state index contributed by atoms with van der Waals surface area (Å²) in [6.07, 6.45) is 22.9. The molecule has 0 unspecified atom stereocenters. The summed E-state index contributed by atoms with van der Waals surface area (Å²) in [5, 5.41) is 0. The second-order valence-corrected chi connectivity index (χ2v) is 13.0. The lowest BCUT2D eigenvalue weighted by molar-refractivity contribution is 0.586. The molecule has 0 N–H and O–H groups in total. The van der Waals surface area contributed by atoms with Gasteiger partial charge in [-0.1, -0.05) is 125 Å². The second kappa shape index (κ2) is 24.4. The van der Waals surface area contributed by atoms with Crippen LogP contribution in [0.1, 0.15) is 117 Å². The summed E-state index contributed by atoms with van der Waals surface area (Å²) < 4.78 is 0. The third-order valence-corrected chi connectivity index (χ3v) is 10.9. The lowest BCUT2D eigenvalue weighted by Gasteiger charge is -2.03. The van der Waals surface area contributed by atoms with Gasteiger partial charge in [0, 0.05) is 11.5 Å². The van der Waals surface area contributed by atoms with Crippen LogP contribution in [0.15, 0.2) is 0 Å². The molecule has 4 heteroatoms. The van der Waals surface area contributed by atoms with E-state index in [0.717, 1.165) is 0 Å². The molecule has 0 fully saturated rings. The Balaban J connectivity index is 2.93. The predicted molar refractivity (Wildman–Crippen MR) is 125 cm³/mol. The quantitative estimate of drug-likeness (QED) is 0.136. The van der Waals surface area contributed by atoms with E-state index in [1.165, 1.54) is 114 Å². The molecule has 0 spiro atoms. The molecule has 0 aromatic rings. The van der Waals surface area contributed by atoms with E-state index >= 15 is 0 Å².